The number of aromatic nitrogens is 1. The number of carbonyl (C=O) groups is 1. The number of rotatable bonds is 7. The first kappa shape index (κ1) is 18.8. The highest BCUT2D eigenvalue weighted by Gasteiger charge is 2.29. The standard InChI is InChI=1S/C18H20F3N3O/c1-2-3-4-11-22-17(25)16-10-9-15(12-23-16)24-14-7-5-13(6-8-14)18(19,20)21/h5-10,12,24H,2-4,11H2,1H3,(H,22,25). The second-order valence-corrected chi connectivity index (χ2v) is 5.60. The summed E-state index contributed by atoms with van der Waals surface area (Å²) in [6.07, 6.45) is 0.183. The molecule has 1 aromatic heterocycles. The third-order valence-corrected chi connectivity index (χ3v) is 3.56. The topological polar surface area (TPSA) is 54.0 Å². The Labute approximate surface area is 144 Å². The van der Waals surface area contributed by atoms with E-state index in [2.05, 4.69) is 22.5 Å². The number of carbonyl (C=O) groups excluding carboxylic acids is 1. The molecule has 0 spiro atoms. The summed E-state index contributed by atoms with van der Waals surface area (Å²) >= 11 is 0. The number of unbranched alkanes of at least 4 members (excludes halogenated alkanes) is 2. The highest BCUT2D eigenvalue weighted by Crippen LogP contribution is 2.30. The van der Waals surface area contributed by atoms with Gasteiger partial charge >= 0.3 is 6.18 Å². The molecule has 2 N–H and O–H groups in total. The number of halogens is 3. The minimum Gasteiger partial charge on any atom is -0.354 e. The van der Waals surface area contributed by atoms with Gasteiger partial charge in [-0.15, -0.1) is 0 Å². The summed E-state index contributed by atoms with van der Waals surface area (Å²) in [6.45, 7) is 2.70. The summed E-state index contributed by atoms with van der Waals surface area (Å²) in [6, 6.07) is 7.93. The van der Waals surface area contributed by atoms with Crippen LogP contribution in [0.15, 0.2) is 42.6 Å². The summed E-state index contributed by atoms with van der Waals surface area (Å²) in [5.74, 6) is -0.239. The van der Waals surface area contributed by atoms with Crippen LogP contribution >= 0.6 is 0 Å². The lowest BCUT2D eigenvalue weighted by Crippen LogP contribution is -2.25. The molecule has 0 fully saturated rings. The first-order valence-electron chi connectivity index (χ1n) is 8.08. The number of benzene rings is 1. The normalized spacial score (nSPS) is 11.2. The van der Waals surface area contributed by atoms with Gasteiger partial charge in [0.15, 0.2) is 0 Å². The molecule has 0 radical (unpaired) electrons. The fourth-order valence-corrected chi connectivity index (χ4v) is 2.18. The lowest BCUT2D eigenvalue weighted by atomic mass is 10.2. The quantitative estimate of drug-likeness (QED) is 0.707. The molecule has 134 valence electrons. The minimum absolute atomic E-state index is 0.239. The Morgan fingerprint density at radius 1 is 1.04 bits per heavy atom. The van der Waals surface area contributed by atoms with Crippen molar-refractivity contribution in [2.24, 2.45) is 0 Å². The zero-order chi connectivity index (χ0) is 18.3. The van der Waals surface area contributed by atoms with Gasteiger partial charge in [0.05, 0.1) is 17.4 Å². The number of alkyl halides is 3. The largest absolute Gasteiger partial charge is 0.416 e. The van der Waals surface area contributed by atoms with Gasteiger partial charge in [-0.1, -0.05) is 19.8 Å². The number of hydrogen-bond acceptors (Lipinski definition) is 3. The summed E-state index contributed by atoms with van der Waals surface area (Å²) in [5.41, 5.74) is 0.689. The van der Waals surface area contributed by atoms with Crippen molar-refractivity contribution < 1.29 is 18.0 Å². The van der Waals surface area contributed by atoms with Crippen LogP contribution in [0, 0.1) is 0 Å². The summed E-state index contributed by atoms with van der Waals surface area (Å²) in [5, 5.41) is 5.74. The molecular formula is C18H20F3N3O. The Morgan fingerprint density at radius 3 is 2.28 bits per heavy atom. The van der Waals surface area contributed by atoms with E-state index in [1.54, 1.807) is 12.1 Å². The van der Waals surface area contributed by atoms with Crippen LogP contribution in [0.25, 0.3) is 0 Å². The average molecular weight is 351 g/mol. The summed E-state index contributed by atoms with van der Waals surface area (Å²) in [7, 11) is 0. The zero-order valence-corrected chi connectivity index (χ0v) is 13.9. The molecule has 0 unspecified atom stereocenters. The van der Waals surface area contributed by atoms with E-state index in [0.717, 1.165) is 31.4 Å². The lowest BCUT2D eigenvalue weighted by Gasteiger charge is -2.10. The average Bonchev–Trinajstić information content (AvgIpc) is 2.59. The van der Waals surface area contributed by atoms with E-state index in [9.17, 15) is 18.0 Å². The predicted octanol–water partition coefficient (Wildman–Crippen LogP) is 4.76. The monoisotopic (exact) mass is 351 g/mol. The number of nitrogens with zero attached hydrogens (tertiary/aromatic N) is 1. The van der Waals surface area contributed by atoms with Crippen molar-refractivity contribution in [2.45, 2.75) is 32.4 Å². The van der Waals surface area contributed by atoms with Crippen LogP contribution < -0.4 is 10.6 Å². The molecule has 1 amide bonds. The van der Waals surface area contributed by atoms with E-state index in [1.165, 1.54) is 18.3 Å². The molecule has 0 atom stereocenters. The minimum atomic E-state index is -4.35. The molecule has 0 aliphatic heterocycles. The molecule has 1 aromatic carbocycles. The Balaban J connectivity index is 1.92. The van der Waals surface area contributed by atoms with Gasteiger partial charge in [-0.2, -0.15) is 13.2 Å². The highest BCUT2D eigenvalue weighted by molar-refractivity contribution is 5.92. The summed E-state index contributed by atoms with van der Waals surface area (Å²) < 4.78 is 37.6. The molecule has 0 bridgehead atoms. The van der Waals surface area contributed by atoms with Crippen LogP contribution in [-0.2, 0) is 6.18 Å². The molecule has 1 heterocycles. The van der Waals surface area contributed by atoms with Gasteiger partial charge in [0.1, 0.15) is 5.69 Å². The van der Waals surface area contributed by atoms with Crippen molar-refractivity contribution in [3.63, 3.8) is 0 Å². The zero-order valence-electron chi connectivity index (χ0n) is 13.9. The van der Waals surface area contributed by atoms with E-state index in [1.807, 2.05) is 0 Å². The molecule has 25 heavy (non-hydrogen) atoms. The van der Waals surface area contributed by atoms with Crippen molar-refractivity contribution >= 4 is 17.3 Å². The first-order chi connectivity index (χ1) is 11.9. The van der Waals surface area contributed by atoms with Crippen LogP contribution in [0.2, 0.25) is 0 Å². The molecule has 0 aliphatic rings. The van der Waals surface area contributed by atoms with Crippen molar-refractivity contribution in [1.29, 1.82) is 0 Å². The first-order valence-corrected chi connectivity index (χ1v) is 8.08. The Hall–Kier alpha value is -2.57. The Kier molecular flexibility index (Phi) is 6.38. The maximum atomic E-state index is 12.5. The molecule has 0 aliphatic carbocycles. The van der Waals surface area contributed by atoms with Crippen molar-refractivity contribution in [1.82, 2.24) is 10.3 Å². The van der Waals surface area contributed by atoms with E-state index >= 15 is 0 Å². The number of hydrogen-bond donors (Lipinski definition) is 2. The SMILES string of the molecule is CCCCCNC(=O)c1ccc(Nc2ccc(C(F)(F)F)cc2)cn1. The van der Waals surface area contributed by atoms with Crippen molar-refractivity contribution in [3.05, 3.63) is 53.9 Å². The van der Waals surface area contributed by atoms with Crippen LogP contribution in [0.1, 0.15) is 42.2 Å². The van der Waals surface area contributed by atoms with Crippen LogP contribution in [0.3, 0.4) is 0 Å². The van der Waals surface area contributed by atoms with Crippen molar-refractivity contribution in [3.8, 4) is 0 Å². The van der Waals surface area contributed by atoms with E-state index in [0.29, 0.717) is 23.6 Å². The molecule has 0 saturated heterocycles. The molecular weight excluding hydrogens is 331 g/mol. The maximum absolute atomic E-state index is 12.5. The number of pyridine rings is 1. The van der Waals surface area contributed by atoms with Crippen molar-refractivity contribution in [2.75, 3.05) is 11.9 Å². The van der Waals surface area contributed by atoms with Crippen LogP contribution in [-0.4, -0.2) is 17.4 Å². The van der Waals surface area contributed by atoms with E-state index < -0.39 is 11.7 Å². The fourth-order valence-electron chi connectivity index (χ4n) is 2.18. The van der Waals surface area contributed by atoms with Gasteiger partial charge in [-0.3, -0.25) is 4.79 Å². The number of anilines is 2. The predicted molar refractivity (Wildman–Crippen MR) is 90.8 cm³/mol. The third kappa shape index (κ3) is 5.77. The maximum Gasteiger partial charge on any atom is 0.416 e. The molecule has 4 nitrogen and oxygen atoms in total. The van der Waals surface area contributed by atoms with Crippen LogP contribution in [0.4, 0.5) is 24.5 Å². The smallest absolute Gasteiger partial charge is 0.354 e. The number of nitrogens with one attached hydrogen (secondary N) is 2. The third-order valence-electron chi connectivity index (χ3n) is 3.56. The molecule has 0 saturated carbocycles. The number of amides is 1. The van der Waals surface area contributed by atoms with Gasteiger partial charge in [0.2, 0.25) is 0 Å². The second kappa shape index (κ2) is 8.50. The van der Waals surface area contributed by atoms with E-state index in [-0.39, 0.29) is 5.91 Å². The molecule has 7 heteroatoms. The van der Waals surface area contributed by atoms with Gasteiger partial charge in [0.25, 0.3) is 5.91 Å². The van der Waals surface area contributed by atoms with E-state index in [4.69, 9.17) is 0 Å². The van der Waals surface area contributed by atoms with Gasteiger partial charge in [-0.05, 0) is 42.8 Å². The van der Waals surface area contributed by atoms with Gasteiger partial charge in [-0.25, -0.2) is 4.98 Å². The van der Waals surface area contributed by atoms with Crippen LogP contribution in [0.5, 0.6) is 0 Å². The Morgan fingerprint density at radius 2 is 1.72 bits per heavy atom. The van der Waals surface area contributed by atoms with Gasteiger partial charge in [0, 0.05) is 12.2 Å². The summed E-state index contributed by atoms with van der Waals surface area (Å²) in [4.78, 5) is 16.0. The molecule has 2 rings (SSSR count). The van der Waals surface area contributed by atoms with Gasteiger partial charge < -0.3 is 10.6 Å². The second-order valence-electron chi connectivity index (χ2n) is 5.60. The fraction of sp³-hybridized carbons (Fsp3) is 0.333. The highest BCUT2D eigenvalue weighted by atomic mass is 19.4. The molecule has 2 aromatic rings. The lowest BCUT2D eigenvalue weighted by molar-refractivity contribution is -0.137. The Bertz CT molecular complexity index is 682.